The number of allylic oxidation sites excluding steroid dienone is 1. The Morgan fingerprint density at radius 3 is 1.94 bits per heavy atom. The summed E-state index contributed by atoms with van der Waals surface area (Å²) < 4.78 is 14.1. The Balaban J connectivity index is 0. The van der Waals surface area contributed by atoms with Gasteiger partial charge in [-0.05, 0) is 34.1 Å². The van der Waals surface area contributed by atoms with Crippen molar-refractivity contribution in [1.82, 2.24) is 4.67 Å². The minimum absolute atomic E-state index is 0. The molecule has 5 heteroatoms. The van der Waals surface area contributed by atoms with Crippen molar-refractivity contribution in [2.45, 2.75) is 47.5 Å². The summed E-state index contributed by atoms with van der Waals surface area (Å²) in [6, 6.07) is 0. The molecular weight excluding hydrogens is 360 g/mol. The van der Waals surface area contributed by atoms with Crippen LogP contribution in [0.4, 0.5) is 0 Å². The van der Waals surface area contributed by atoms with Crippen LogP contribution in [0.2, 0.25) is 0 Å². The van der Waals surface area contributed by atoms with Crippen molar-refractivity contribution >= 4 is 7.87 Å². The Bertz CT molecular complexity index is 227. The lowest BCUT2D eigenvalue weighted by atomic mass is 10.3. The summed E-state index contributed by atoms with van der Waals surface area (Å²) in [7, 11) is -1.91. The maximum absolute atomic E-state index is 5.90. The van der Waals surface area contributed by atoms with Gasteiger partial charge in [0.15, 0.2) is 0 Å². The van der Waals surface area contributed by atoms with E-state index in [1.807, 2.05) is 13.8 Å². The first kappa shape index (κ1) is 20.9. The largest absolute Gasteiger partial charge is 1.00 e. The molecule has 0 aliphatic heterocycles. The summed E-state index contributed by atoms with van der Waals surface area (Å²) >= 11 is 0. The van der Waals surface area contributed by atoms with E-state index in [-0.39, 0.29) is 24.0 Å². The molecule has 0 N–H and O–H groups in total. The van der Waals surface area contributed by atoms with E-state index in [0.29, 0.717) is 13.2 Å². The Kier molecular flexibility index (Phi) is 13.3. The number of halogens is 1. The van der Waals surface area contributed by atoms with Crippen LogP contribution in [0, 0.1) is 0 Å². The van der Waals surface area contributed by atoms with Gasteiger partial charge in [-0.1, -0.05) is 18.9 Å². The molecule has 18 heavy (non-hydrogen) atoms. The molecule has 0 saturated heterocycles. The number of hydrogen-bond donors (Lipinski definition) is 0. The smallest absolute Gasteiger partial charge is 0.368 e. The fraction of sp³-hybridized carbons (Fsp3) is 0.846. The van der Waals surface area contributed by atoms with E-state index < -0.39 is 7.87 Å². The van der Waals surface area contributed by atoms with Crippen LogP contribution in [-0.4, -0.2) is 31.1 Å². The lowest BCUT2D eigenvalue weighted by molar-refractivity contribution is -0.00000691. The van der Waals surface area contributed by atoms with Crippen molar-refractivity contribution in [1.29, 1.82) is 0 Å². The van der Waals surface area contributed by atoms with Gasteiger partial charge in [-0.3, -0.25) is 0 Å². The molecule has 0 unspecified atom stereocenters. The zero-order valence-corrected chi connectivity index (χ0v) is 15.8. The Morgan fingerprint density at radius 1 is 1.11 bits per heavy atom. The third kappa shape index (κ3) is 7.93. The molecule has 0 rings (SSSR count). The number of nitrogens with zero attached hydrogens (tertiary/aromatic N) is 1. The molecule has 0 aliphatic rings. The van der Waals surface area contributed by atoms with Gasteiger partial charge in [0, 0.05) is 6.20 Å². The molecular formula is C13H29INO2P. The summed E-state index contributed by atoms with van der Waals surface area (Å²) in [5, 5.41) is 0. The molecule has 0 aromatic carbocycles. The zero-order valence-electron chi connectivity index (χ0n) is 12.7. The molecule has 0 saturated carbocycles. The van der Waals surface area contributed by atoms with Crippen LogP contribution in [0.15, 0.2) is 11.8 Å². The molecule has 0 spiro atoms. The predicted octanol–water partition coefficient (Wildman–Crippen LogP) is 1.48. The molecule has 3 nitrogen and oxygen atoms in total. The van der Waals surface area contributed by atoms with Crippen LogP contribution in [0.1, 0.15) is 47.5 Å². The average Bonchev–Trinajstić information content (AvgIpc) is 2.24. The predicted molar refractivity (Wildman–Crippen MR) is 77.1 cm³/mol. The average molecular weight is 389 g/mol. The molecule has 0 atom stereocenters. The minimum atomic E-state index is -1.91. The zero-order chi connectivity index (χ0) is 13.3. The lowest BCUT2D eigenvalue weighted by Gasteiger charge is -2.29. The minimum Gasteiger partial charge on any atom is -1.00 e. The third-order valence-electron chi connectivity index (χ3n) is 2.35. The maximum atomic E-state index is 5.90. The topological polar surface area (TPSA) is 21.7 Å². The van der Waals surface area contributed by atoms with Gasteiger partial charge in [0.1, 0.15) is 6.66 Å². The van der Waals surface area contributed by atoms with E-state index in [0.717, 1.165) is 6.54 Å². The number of rotatable bonds is 9. The van der Waals surface area contributed by atoms with Crippen molar-refractivity contribution in [3.63, 3.8) is 0 Å². The molecule has 0 aromatic rings. The van der Waals surface area contributed by atoms with Gasteiger partial charge in [-0.2, -0.15) is 9.05 Å². The van der Waals surface area contributed by atoms with E-state index in [2.05, 4.69) is 38.3 Å². The Morgan fingerprint density at radius 2 is 1.61 bits per heavy atom. The fourth-order valence-electron chi connectivity index (χ4n) is 1.63. The lowest BCUT2D eigenvalue weighted by Crippen LogP contribution is -3.00. The van der Waals surface area contributed by atoms with Gasteiger partial charge in [-0.15, -0.1) is 0 Å². The van der Waals surface area contributed by atoms with Crippen molar-refractivity contribution < 1.29 is 33.0 Å². The molecule has 0 fully saturated rings. The highest BCUT2D eigenvalue weighted by Crippen LogP contribution is 2.61. The normalized spacial score (nSPS) is 10.8. The van der Waals surface area contributed by atoms with Crippen molar-refractivity contribution in [2.75, 3.05) is 26.4 Å². The van der Waals surface area contributed by atoms with E-state index >= 15 is 0 Å². The molecule has 0 bridgehead atoms. The van der Waals surface area contributed by atoms with Gasteiger partial charge in [0.05, 0.1) is 19.8 Å². The van der Waals surface area contributed by atoms with Gasteiger partial charge in [0.25, 0.3) is 0 Å². The van der Waals surface area contributed by atoms with E-state index in [1.165, 1.54) is 18.4 Å². The van der Waals surface area contributed by atoms with E-state index in [1.54, 1.807) is 0 Å². The van der Waals surface area contributed by atoms with Crippen molar-refractivity contribution in [2.24, 2.45) is 0 Å². The van der Waals surface area contributed by atoms with Crippen LogP contribution in [-0.2, 0) is 9.05 Å². The monoisotopic (exact) mass is 389 g/mol. The van der Waals surface area contributed by atoms with Crippen LogP contribution in [0.25, 0.3) is 0 Å². The fourth-order valence-corrected chi connectivity index (χ4v) is 3.91. The maximum Gasteiger partial charge on any atom is 0.368 e. The second kappa shape index (κ2) is 11.4. The van der Waals surface area contributed by atoms with Gasteiger partial charge >= 0.3 is 7.87 Å². The molecule has 0 radical (unpaired) electrons. The van der Waals surface area contributed by atoms with Crippen LogP contribution < -0.4 is 24.0 Å². The van der Waals surface area contributed by atoms with Crippen LogP contribution in [0.5, 0.6) is 0 Å². The molecule has 0 aromatic heterocycles. The SMILES string of the molecule is CCCCN(C=C(C)C)[P+](C)(OCC)OCC.[I-]. The van der Waals surface area contributed by atoms with Gasteiger partial charge in [0.2, 0.25) is 0 Å². The van der Waals surface area contributed by atoms with Crippen LogP contribution >= 0.6 is 7.87 Å². The molecule has 0 aliphatic carbocycles. The Hall–Kier alpha value is 0.620. The number of unbranched alkanes of at least 4 members (excludes halogenated alkanes) is 1. The summed E-state index contributed by atoms with van der Waals surface area (Å²) in [5.74, 6) is 0. The van der Waals surface area contributed by atoms with Gasteiger partial charge < -0.3 is 24.0 Å². The number of hydrogen-bond acceptors (Lipinski definition) is 3. The standard InChI is InChI=1S/C13H29NO2P.HI/c1-7-10-11-14(12-13(4)5)17(6,15-8-2)16-9-3;/h12H,7-11H2,1-6H3;1H/q+1;/p-1. The first-order valence-electron chi connectivity index (χ1n) is 6.57. The van der Waals surface area contributed by atoms with Crippen LogP contribution in [0.3, 0.4) is 0 Å². The first-order chi connectivity index (χ1) is 8.00. The first-order valence-corrected chi connectivity index (χ1v) is 8.60. The highest BCUT2D eigenvalue weighted by atomic mass is 127. The molecule has 110 valence electrons. The quantitative estimate of drug-likeness (QED) is 0.441. The van der Waals surface area contributed by atoms with Crippen molar-refractivity contribution in [3.8, 4) is 0 Å². The summed E-state index contributed by atoms with van der Waals surface area (Å²) in [6.07, 6.45) is 4.53. The summed E-state index contributed by atoms with van der Waals surface area (Å²) in [6.45, 7) is 15.0. The highest BCUT2D eigenvalue weighted by molar-refractivity contribution is 7.63. The second-order valence-corrected chi connectivity index (χ2v) is 7.00. The van der Waals surface area contributed by atoms with E-state index in [9.17, 15) is 0 Å². The second-order valence-electron chi connectivity index (χ2n) is 4.36. The van der Waals surface area contributed by atoms with E-state index in [4.69, 9.17) is 9.05 Å². The molecule has 0 amide bonds. The molecule has 0 heterocycles. The van der Waals surface area contributed by atoms with Gasteiger partial charge in [-0.25, -0.2) is 4.67 Å². The highest BCUT2D eigenvalue weighted by Gasteiger charge is 2.41. The third-order valence-corrected chi connectivity index (χ3v) is 5.08. The van der Waals surface area contributed by atoms with Crippen molar-refractivity contribution in [3.05, 3.63) is 11.8 Å². The summed E-state index contributed by atoms with van der Waals surface area (Å²) in [5.41, 5.74) is 1.28. The summed E-state index contributed by atoms with van der Waals surface area (Å²) in [4.78, 5) is 0. The Labute approximate surface area is 131 Å².